The number of nitrogens with zero attached hydrogens (tertiary/aromatic N) is 4. The van der Waals surface area contributed by atoms with Crippen molar-refractivity contribution in [2.75, 3.05) is 33.2 Å². The number of nitrogens with two attached hydrogens (primary N) is 1. The Morgan fingerprint density at radius 3 is 2.52 bits per heavy atom. The van der Waals surface area contributed by atoms with Gasteiger partial charge in [0.2, 0.25) is 0 Å². The summed E-state index contributed by atoms with van der Waals surface area (Å²) in [5.74, 6) is 3.84. The molecule has 1 aliphatic heterocycles. The number of aromatic amines is 1. The van der Waals surface area contributed by atoms with Gasteiger partial charge in [0.15, 0.2) is 0 Å². The van der Waals surface area contributed by atoms with Crippen molar-refractivity contribution in [3.05, 3.63) is 75.6 Å². The van der Waals surface area contributed by atoms with Crippen molar-refractivity contribution in [2.24, 2.45) is 15.9 Å². The lowest BCUT2D eigenvalue weighted by Gasteiger charge is -2.35. The molecule has 4 rings (SSSR count). The highest BCUT2D eigenvalue weighted by molar-refractivity contribution is 6.38. The Balaban J connectivity index is 1.53. The molecule has 1 unspecified atom stereocenters. The predicted octanol–water partition coefficient (Wildman–Crippen LogP) is 2.11. The third-order valence-electron chi connectivity index (χ3n) is 5.70. The van der Waals surface area contributed by atoms with E-state index in [1.54, 1.807) is 24.3 Å². The second kappa shape index (κ2) is 9.57. The van der Waals surface area contributed by atoms with E-state index in [1.165, 1.54) is 12.3 Å². The van der Waals surface area contributed by atoms with Crippen LogP contribution in [0.4, 0.5) is 14.5 Å². The van der Waals surface area contributed by atoms with Gasteiger partial charge in [0.25, 0.3) is 5.56 Å². The average Bonchev–Trinajstić information content (AvgIpc) is 2.80. The van der Waals surface area contributed by atoms with Crippen molar-refractivity contribution in [1.29, 1.82) is 0 Å². The maximum atomic E-state index is 14.1. The fourth-order valence-corrected chi connectivity index (χ4v) is 3.74. The zero-order valence-corrected chi connectivity index (χ0v) is 18.0. The fourth-order valence-electron chi connectivity index (χ4n) is 3.74. The molecule has 0 bridgehead atoms. The summed E-state index contributed by atoms with van der Waals surface area (Å²) in [5, 5.41) is 14.3. The highest BCUT2D eigenvalue weighted by atomic mass is 19.1. The number of piperazine rings is 1. The zero-order chi connectivity index (χ0) is 23.5. The summed E-state index contributed by atoms with van der Waals surface area (Å²) in [6, 6.07) is 10.0. The number of fused-ring (bicyclic) bond motifs is 1. The Bertz CT molecular complexity index is 1260. The molecular formula is C23H24F2N6O2. The first kappa shape index (κ1) is 22.7. The summed E-state index contributed by atoms with van der Waals surface area (Å²) in [5.41, 5.74) is 0.762. The second-order valence-corrected chi connectivity index (χ2v) is 7.94. The smallest absolute Gasteiger partial charge is 0.258 e. The summed E-state index contributed by atoms with van der Waals surface area (Å²) in [4.78, 5) is 23.4. The maximum Gasteiger partial charge on any atom is 0.258 e. The van der Waals surface area contributed by atoms with E-state index in [1.807, 2.05) is 4.90 Å². The Kier molecular flexibility index (Phi) is 6.59. The van der Waals surface area contributed by atoms with Crippen LogP contribution in [0.1, 0.15) is 17.4 Å². The van der Waals surface area contributed by atoms with Crippen molar-refractivity contribution >= 4 is 28.5 Å². The Morgan fingerprint density at radius 2 is 1.85 bits per heavy atom. The Labute approximate surface area is 188 Å². The number of rotatable bonds is 5. The van der Waals surface area contributed by atoms with Crippen LogP contribution < -0.4 is 11.4 Å². The number of likely N-dealkylation sites (N-methyl/N-ethyl adjacent to an activating group) is 1. The first-order chi connectivity index (χ1) is 15.9. The summed E-state index contributed by atoms with van der Waals surface area (Å²) in [7, 11) is 2.05. The van der Waals surface area contributed by atoms with Crippen LogP contribution in [0.25, 0.3) is 10.9 Å². The van der Waals surface area contributed by atoms with Crippen LogP contribution in [-0.2, 0) is 0 Å². The number of nitrogens with one attached hydrogen (secondary N) is 1. The molecule has 172 valence electrons. The number of hydrogen-bond acceptors (Lipinski definition) is 7. The average molecular weight is 454 g/mol. The molecule has 1 fully saturated rings. The zero-order valence-electron chi connectivity index (χ0n) is 18.0. The van der Waals surface area contributed by atoms with Gasteiger partial charge in [-0.15, -0.1) is 0 Å². The molecule has 1 aromatic heterocycles. The molecule has 1 saturated heterocycles. The van der Waals surface area contributed by atoms with E-state index in [-0.39, 0.29) is 22.2 Å². The topological polar surface area (TPSA) is 110 Å². The number of pyridine rings is 1. The third kappa shape index (κ3) is 4.98. The van der Waals surface area contributed by atoms with E-state index in [0.29, 0.717) is 5.69 Å². The highest BCUT2D eigenvalue weighted by Gasteiger charge is 2.21. The Hall–Kier alpha value is -3.47. The summed E-state index contributed by atoms with van der Waals surface area (Å²) in [6.07, 6.45) is 0.595. The van der Waals surface area contributed by atoms with Gasteiger partial charge in [0.1, 0.15) is 23.6 Å². The molecule has 33 heavy (non-hydrogen) atoms. The van der Waals surface area contributed by atoms with E-state index in [4.69, 9.17) is 5.84 Å². The molecule has 0 saturated carbocycles. The molecule has 4 N–H and O–H groups in total. The lowest BCUT2D eigenvalue weighted by atomic mass is 10.1. The van der Waals surface area contributed by atoms with E-state index in [2.05, 4.69) is 27.0 Å². The number of aliphatic imine (C=N–C) groups is 1. The lowest BCUT2D eigenvalue weighted by Crippen LogP contribution is -2.45. The van der Waals surface area contributed by atoms with Gasteiger partial charge >= 0.3 is 0 Å². The van der Waals surface area contributed by atoms with Gasteiger partial charge in [-0.2, -0.15) is 5.10 Å². The van der Waals surface area contributed by atoms with Gasteiger partial charge in [-0.1, -0.05) is 12.1 Å². The van der Waals surface area contributed by atoms with Gasteiger partial charge in [-0.05, 0) is 36.9 Å². The molecule has 1 atom stereocenters. The maximum absolute atomic E-state index is 14.1. The quantitative estimate of drug-likeness (QED) is 0.311. The van der Waals surface area contributed by atoms with Crippen LogP contribution in [-0.4, -0.2) is 65.0 Å². The van der Waals surface area contributed by atoms with Crippen LogP contribution in [0.3, 0.4) is 0 Å². The van der Waals surface area contributed by atoms with Gasteiger partial charge in [0.05, 0.1) is 23.0 Å². The molecular weight excluding hydrogens is 430 g/mol. The van der Waals surface area contributed by atoms with Crippen molar-refractivity contribution in [3.63, 3.8) is 0 Å². The van der Waals surface area contributed by atoms with Gasteiger partial charge in [-0.3, -0.25) is 14.7 Å². The standard InChI is InChI=1S/C23H24F2N6O2/c1-30-6-8-31(9-7-30)23(33)14-2-4-16(5-3-14)27-13-21(29-26)18-12-17-19(25)10-15(24)11-20(17)28-22(18)32/h2-5,10-13,23,33H,6-9,26H2,1H3,(H,28,32). The van der Waals surface area contributed by atoms with Crippen LogP contribution in [0.15, 0.2) is 57.4 Å². The molecule has 0 amide bonds. The number of H-pyrrole nitrogens is 1. The number of aliphatic hydroxyl groups is 1. The molecule has 10 heteroatoms. The van der Waals surface area contributed by atoms with Crippen LogP contribution in [0.5, 0.6) is 0 Å². The number of benzene rings is 2. The number of hydrogen-bond donors (Lipinski definition) is 3. The minimum atomic E-state index is -0.815. The second-order valence-electron chi connectivity index (χ2n) is 7.94. The predicted molar refractivity (Wildman–Crippen MR) is 124 cm³/mol. The van der Waals surface area contributed by atoms with Crippen molar-refractivity contribution < 1.29 is 13.9 Å². The number of hydrazone groups is 1. The minimum absolute atomic E-state index is 0.00127. The molecule has 0 radical (unpaired) electrons. The normalized spacial score (nSPS) is 17.2. The molecule has 2 aromatic carbocycles. The molecule has 2 heterocycles. The Morgan fingerprint density at radius 1 is 1.15 bits per heavy atom. The summed E-state index contributed by atoms with van der Waals surface area (Å²) < 4.78 is 27.6. The van der Waals surface area contributed by atoms with Crippen molar-refractivity contribution in [3.8, 4) is 0 Å². The molecule has 3 aromatic rings. The largest absolute Gasteiger partial charge is 0.374 e. The first-order valence-electron chi connectivity index (χ1n) is 10.4. The van der Waals surface area contributed by atoms with Crippen molar-refractivity contribution in [1.82, 2.24) is 14.8 Å². The number of aromatic nitrogens is 1. The highest BCUT2D eigenvalue weighted by Crippen LogP contribution is 2.22. The van der Waals surface area contributed by atoms with Crippen molar-refractivity contribution in [2.45, 2.75) is 6.23 Å². The third-order valence-corrected chi connectivity index (χ3v) is 5.70. The number of halogens is 2. The number of aliphatic hydroxyl groups excluding tert-OH is 1. The van der Waals surface area contributed by atoms with Gasteiger partial charge < -0.3 is 20.8 Å². The van der Waals surface area contributed by atoms with Crippen LogP contribution in [0.2, 0.25) is 0 Å². The molecule has 1 aliphatic rings. The summed E-state index contributed by atoms with van der Waals surface area (Å²) >= 11 is 0. The van der Waals surface area contributed by atoms with Gasteiger partial charge in [0, 0.05) is 37.6 Å². The minimum Gasteiger partial charge on any atom is -0.374 e. The molecule has 0 spiro atoms. The summed E-state index contributed by atoms with van der Waals surface area (Å²) in [6.45, 7) is 3.35. The molecule has 0 aliphatic carbocycles. The van der Waals surface area contributed by atoms with E-state index in [9.17, 15) is 18.7 Å². The van der Waals surface area contributed by atoms with E-state index in [0.717, 1.165) is 43.9 Å². The SMILES string of the molecule is CN1CCN(C(O)c2ccc(N=CC(=NN)c3cc4c(F)cc(F)cc4[nH]c3=O)cc2)CC1. The van der Waals surface area contributed by atoms with Crippen LogP contribution in [0, 0.1) is 11.6 Å². The molecule has 8 nitrogen and oxygen atoms in total. The van der Waals surface area contributed by atoms with E-state index >= 15 is 0 Å². The monoisotopic (exact) mass is 454 g/mol. The first-order valence-corrected chi connectivity index (χ1v) is 10.4. The lowest BCUT2D eigenvalue weighted by molar-refractivity contribution is -0.0232. The van der Waals surface area contributed by atoms with Gasteiger partial charge in [-0.25, -0.2) is 8.78 Å². The van der Waals surface area contributed by atoms with Crippen LogP contribution >= 0.6 is 0 Å². The fraction of sp³-hybridized carbons (Fsp3) is 0.261. The van der Waals surface area contributed by atoms with E-state index < -0.39 is 23.4 Å².